The first kappa shape index (κ1) is 17.5. The zero-order valence-electron chi connectivity index (χ0n) is 12.0. The predicted molar refractivity (Wildman–Crippen MR) is 81.7 cm³/mol. The zero-order chi connectivity index (χ0) is 16.0. The molecular weight excluding hydrogens is 340 g/mol. The van der Waals surface area contributed by atoms with Gasteiger partial charge in [-0.05, 0) is 41.4 Å². The van der Waals surface area contributed by atoms with Crippen LogP contribution in [0.1, 0.15) is 30.5 Å². The molecule has 0 aliphatic carbocycles. The number of aromatic hydroxyl groups is 1. The molecule has 0 aliphatic rings. The highest BCUT2D eigenvalue weighted by atomic mass is 79.9. The molecule has 0 bridgehead atoms. The number of hydrogen-bond donors (Lipinski definition) is 3. The van der Waals surface area contributed by atoms with Crippen molar-refractivity contribution in [2.75, 3.05) is 13.2 Å². The van der Waals surface area contributed by atoms with Crippen LogP contribution in [0.4, 0.5) is 0 Å². The first-order valence-corrected chi connectivity index (χ1v) is 7.32. The number of benzene rings is 1. The van der Waals surface area contributed by atoms with Gasteiger partial charge >= 0.3 is 5.97 Å². The molecule has 0 aromatic heterocycles. The molecule has 7 heteroatoms. The largest absolute Gasteiger partial charge is 0.506 e. The number of ether oxygens (including phenoxy) is 1. The lowest BCUT2D eigenvalue weighted by molar-refractivity contribution is -0.143. The minimum absolute atomic E-state index is 0.0211. The van der Waals surface area contributed by atoms with Crippen LogP contribution in [0, 0.1) is 6.92 Å². The summed E-state index contributed by atoms with van der Waals surface area (Å²) in [7, 11) is 0. The lowest BCUT2D eigenvalue weighted by atomic mass is 10.00. The number of phenolic OH excluding ortho intramolecular Hbond substituents is 1. The maximum absolute atomic E-state index is 11.7. The second kappa shape index (κ2) is 7.99. The van der Waals surface area contributed by atoms with Crippen LogP contribution in [0.25, 0.3) is 0 Å². The van der Waals surface area contributed by atoms with Crippen molar-refractivity contribution in [1.29, 1.82) is 0 Å². The standard InChI is InChI=1S/C14H19BrN2O4/c1-3-21-13(19)6-11(17-12(18)7-16)9-4-8(2)5-10(15)14(9)20/h4-5,11,20H,3,6-7,16H2,1-2H3,(H,17,18). The molecule has 1 amide bonds. The molecule has 1 aromatic carbocycles. The number of nitrogens with two attached hydrogens (primary N) is 1. The Kier molecular flexibility index (Phi) is 6.64. The van der Waals surface area contributed by atoms with E-state index in [-0.39, 0.29) is 25.3 Å². The molecule has 0 saturated carbocycles. The smallest absolute Gasteiger partial charge is 0.308 e. The van der Waals surface area contributed by atoms with Gasteiger partial charge in [0.05, 0.1) is 30.1 Å². The number of aryl methyl sites for hydroxylation is 1. The van der Waals surface area contributed by atoms with Gasteiger partial charge in [0.25, 0.3) is 0 Å². The summed E-state index contributed by atoms with van der Waals surface area (Å²) in [5, 5.41) is 12.8. The maximum atomic E-state index is 11.7. The monoisotopic (exact) mass is 358 g/mol. The summed E-state index contributed by atoms with van der Waals surface area (Å²) in [6, 6.07) is 2.75. The lowest BCUT2D eigenvalue weighted by Crippen LogP contribution is -2.35. The molecule has 0 aliphatic heterocycles. The molecule has 1 aromatic rings. The Bertz CT molecular complexity index is 534. The number of hydrogen-bond acceptors (Lipinski definition) is 5. The Morgan fingerprint density at radius 1 is 1.48 bits per heavy atom. The number of halogens is 1. The van der Waals surface area contributed by atoms with Crippen LogP contribution >= 0.6 is 15.9 Å². The minimum Gasteiger partial charge on any atom is -0.506 e. The number of rotatable bonds is 6. The topological polar surface area (TPSA) is 102 Å². The van der Waals surface area contributed by atoms with Crippen molar-refractivity contribution < 1.29 is 19.4 Å². The summed E-state index contributed by atoms with van der Waals surface area (Å²) in [6.45, 7) is 3.60. The molecule has 21 heavy (non-hydrogen) atoms. The van der Waals surface area contributed by atoms with Crippen molar-refractivity contribution in [3.8, 4) is 5.75 Å². The molecule has 0 heterocycles. The maximum Gasteiger partial charge on any atom is 0.308 e. The normalized spacial score (nSPS) is 11.8. The zero-order valence-corrected chi connectivity index (χ0v) is 13.6. The fourth-order valence-electron chi connectivity index (χ4n) is 1.91. The summed E-state index contributed by atoms with van der Waals surface area (Å²) in [5.74, 6) is -0.898. The molecule has 1 atom stereocenters. The van der Waals surface area contributed by atoms with Gasteiger partial charge in [-0.2, -0.15) is 0 Å². The molecule has 1 unspecified atom stereocenters. The first-order chi connectivity index (χ1) is 9.88. The molecule has 1 rings (SSSR count). The summed E-state index contributed by atoms with van der Waals surface area (Å²) < 4.78 is 5.39. The van der Waals surface area contributed by atoms with Gasteiger partial charge in [-0.15, -0.1) is 0 Å². The lowest BCUT2D eigenvalue weighted by Gasteiger charge is -2.20. The van der Waals surface area contributed by atoms with E-state index in [1.54, 1.807) is 19.1 Å². The van der Waals surface area contributed by atoms with E-state index >= 15 is 0 Å². The molecule has 0 radical (unpaired) electrons. The van der Waals surface area contributed by atoms with Crippen LogP contribution in [0.5, 0.6) is 5.75 Å². The van der Waals surface area contributed by atoms with Gasteiger partial charge in [0.2, 0.25) is 5.91 Å². The van der Waals surface area contributed by atoms with Crippen LogP contribution < -0.4 is 11.1 Å². The van der Waals surface area contributed by atoms with Gasteiger partial charge in [0.15, 0.2) is 0 Å². The highest BCUT2D eigenvalue weighted by Gasteiger charge is 2.23. The first-order valence-electron chi connectivity index (χ1n) is 6.53. The Morgan fingerprint density at radius 2 is 2.14 bits per heavy atom. The van der Waals surface area contributed by atoms with Crippen LogP contribution in [0.15, 0.2) is 16.6 Å². The fraction of sp³-hybridized carbons (Fsp3) is 0.429. The summed E-state index contributed by atoms with van der Waals surface area (Å²) >= 11 is 3.24. The highest BCUT2D eigenvalue weighted by Crippen LogP contribution is 2.34. The average molecular weight is 359 g/mol. The third-order valence-corrected chi connectivity index (χ3v) is 3.41. The van der Waals surface area contributed by atoms with E-state index in [0.717, 1.165) is 5.56 Å². The number of carbonyl (C=O) groups excluding carboxylic acids is 2. The number of amides is 1. The van der Waals surface area contributed by atoms with Crippen molar-refractivity contribution in [2.45, 2.75) is 26.3 Å². The second-order valence-electron chi connectivity index (χ2n) is 4.52. The van der Waals surface area contributed by atoms with Crippen LogP contribution in [-0.2, 0) is 14.3 Å². The van der Waals surface area contributed by atoms with Gasteiger partial charge < -0.3 is 20.9 Å². The summed E-state index contributed by atoms with van der Waals surface area (Å²) in [6.07, 6.45) is -0.0803. The quantitative estimate of drug-likeness (QED) is 0.669. The van der Waals surface area contributed by atoms with Crippen molar-refractivity contribution in [3.63, 3.8) is 0 Å². The number of nitrogens with one attached hydrogen (secondary N) is 1. The summed E-state index contributed by atoms with van der Waals surface area (Å²) in [4.78, 5) is 23.2. The molecule has 6 nitrogen and oxygen atoms in total. The van der Waals surface area contributed by atoms with E-state index in [4.69, 9.17) is 10.5 Å². The number of phenols is 1. The van der Waals surface area contributed by atoms with Crippen LogP contribution in [0.3, 0.4) is 0 Å². The van der Waals surface area contributed by atoms with E-state index in [2.05, 4.69) is 21.2 Å². The molecular formula is C14H19BrN2O4. The summed E-state index contributed by atoms with van der Waals surface area (Å²) in [5.41, 5.74) is 6.61. The highest BCUT2D eigenvalue weighted by molar-refractivity contribution is 9.10. The van der Waals surface area contributed by atoms with E-state index in [1.165, 1.54) is 0 Å². The van der Waals surface area contributed by atoms with Crippen molar-refractivity contribution >= 4 is 27.8 Å². The van der Waals surface area contributed by atoms with E-state index in [0.29, 0.717) is 10.0 Å². The molecule has 4 N–H and O–H groups in total. The third-order valence-electron chi connectivity index (χ3n) is 2.81. The van der Waals surface area contributed by atoms with E-state index in [1.807, 2.05) is 6.92 Å². The SMILES string of the molecule is CCOC(=O)CC(NC(=O)CN)c1cc(C)cc(Br)c1O. The molecule has 116 valence electrons. The van der Waals surface area contributed by atoms with Gasteiger partial charge in [0, 0.05) is 5.56 Å². The number of esters is 1. The molecule has 0 saturated heterocycles. The van der Waals surface area contributed by atoms with Crippen LogP contribution in [0.2, 0.25) is 0 Å². The third kappa shape index (κ3) is 5.02. The Balaban J connectivity index is 3.10. The fourth-order valence-corrected chi connectivity index (χ4v) is 2.50. The van der Waals surface area contributed by atoms with E-state index < -0.39 is 17.9 Å². The average Bonchev–Trinajstić information content (AvgIpc) is 2.42. The van der Waals surface area contributed by atoms with E-state index in [9.17, 15) is 14.7 Å². The molecule has 0 spiro atoms. The van der Waals surface area contributed by atoms with Gasteiger partial charge in [-0.25, -0.2) is 0 Å². The number of carbonyl (C=O) groups is 2. The van der Waals surface area contributed by atoms with Gasteiger partial charge in [0.1, 0.15) is 5.75 Å². The molecule has 0 fully saturated rings. The van der Waals surface area contributed by atoms with Gasteiger partial charge in [-0.3, -0.25) is 9.59 Å². The van der Waals surface area contributed by atoms with Crippen molar-refractivity contribution in [2.24, 2.45) is 5.73 Å². The van der Waals surface area contributed by atoms with Crippen LogP contribution in [-0.4, -0.2) is 30.1 Å². The van der Waals surface area contributed by atoms with Crippen molar-refractivity contribution in [1.82, 2.24) is 5.32 Å². The Labute approximate surface area is 131 Å². The Morgan fingerprint density at radius 3 is 2.71 bits per heavy atom. The van der Waals surface area contributed by atoms with Crippen molar-refractivity contribution in [3.05, 3.63) is 27.7 Å². The Hall–Kier alpha value is -1.60. The second-order valence-corrected chi connectivity index (χ2v) is 5.37. The predicted octanol–water partition coefficient (Wildman–Crippen LogP) is 1.53. The van der Waals surface area contributed by atoms with Gasteiger partial charge in [-0.1, -0.05) is 6.07 Å². The minimum atomic E-state index is -0.698.